The molecule has 0 spiro atoms. The molecule has 0 amide bonds. The van der Waals surface area contributed by atoms with Gasteiger partial charge in [-0.05, 0) is 143 Å². The van der Waals surface area contributed by atoms with Gasteiger partial charge in [-0.3, -0.25) is 0 Å². The number of hydrogen-bond donors (Lipinski definition) is 0. The molecule has 344 valence electrons. The molecule has 0 radical (unpaired) electrons. The lowest BCUT2D eigenvalue weighted by molar-refractivity contribution is 0.414. The number of unbranched alkanes of at least 4 members (excludes halogenated alkanes) is 2. The number of nitrogens with zero attached hydrogens (tertiary/aromatic N) is 2. The molecule has 0 bridgehead atoms. The Balaban J connectivity index is 1.11. The Kier molecular flexibility index (Phi) is 10.9. The summed E-state index contributed by atoms with van der Waals surface area (Å²) >= 11 is 0. The van der Waals surface area contributed by atoms with Gasteiger partial charge in [-0.1, -0.05) is 150 Å². The average Bonchev–Trinajstić information content (AvgIpc) is 4.07. The van der Waals surface area contributed by atoms with Crippen molar-refractivity contribution in [1.82, 2.24) is 9.13 Å². The summed E-state index contributed by atoms with van der Waals surface area (Å²) in [5.74, 6) is 0.911. The van der Waals surface area contributed by atoms with Gasteiger partial charge < -0.3 is 18.3 Å². The van der Waals surface area contributed by atoms with Crippen molar-refractivity contribution in [3.05, 3.63) is 199 Å². The molecule has 0 unspecified atom stereocenters. The Morgan fingerprint density at radius 1 is 0.443 bits per heavy atom. The van der Waals surface area contributed by atoms with E-state index in [4.69, 9.17) is 9.15 Å². The van der Waals surface area contributed by atoms with E-state index in [0.29, 0.717) is 0 Å². The molecule has 3 aromatic heterocycles. The maximum absolute atomic E-state index is 6.86. The van der Waals surface area contributed by atoms with Crippen LogP contribution in [0, 0.1) is 0 Å². The molecule has 0 atom stereocenters. The second kappa shape index (κ2) is 17.6. The lowest BCUT2D eigenvalue weighted by atomic mass is 9.75. The molecule has 3 heterocycles. The smallest absolute Gasteiger partial charge is 0.135 e. The van der Waals surface area contributed by atoms with Gasteiger partial charge in [0.15, 0.2) is 0 Å². The van der Waals surface area contributed by atoms with E-state index >= 15 is 0 Å². The van der Waals surface area contributed by atoms with Gasteiger partial charge in [-0.15, -0.1) is 0 Å². The SMILES string of the molecule is CCCCCc1cc2oc3ccc(-c4cc(-n5c6ccccc6c6ccccc65)cc(-n5c6ccccc6c6ccccc65)c4)cc3c2cc1-c1cc(C(C)(CC)CC)cc(-c2ccccc2)c1OC. The van der Waals surface area contributed by atoms with E-state index in [1.165, 1.54) is 66.7 Å². The Bertz CT molecular complexity index is 3700. The van der Waals surface area contributed by atoms with Crippen LogP contribution in [0.4, 0.5) is 0 Å². The number of methoxy groups -OCH3 is 1. The molecule has 4 nitrogen and oxygen atoms in total. The van der Waals surface area contributed by atoms with Crippen LogP contribution in [-0.2, 0) is 11.8 Å². The predicted molar refractivity (Wildman–Crippen MR) is 296 cm³/mol. The van der Waals surface area contributed by atoms with E-state index in [-0.39, 0.29) is 5.41 Å². The standard InChI is InChI=1S/C66H58N2O2/c1-6-9-11-24-45-38-64-57(42-54(45)58-40-47(66(4,7-2)8-3)39-55(65(58)69-5)43-22-12-10-13-23-43)56-37-44(33-34-63(56)70-64)46-35-48(67-59-29-18-14-25-50(59)51-26-15-19-30-60(51)67)41-49(36-46)68-61-31-20-16-27-52(61)53-28-17-21-32-62(53)68/h10,12-23,25-42H,6-9,11,24H2,1-5H3. The molecule has 0 saturated carbocycles. The highest BCUT2D eigenvalue weighted by atomic mass is 16.5. The lowest BCUT2D eigenvalue weighted by Crippen LogP contribution is -2.20. The fourth-order valence-corrected chi connectivity index (χ4v) is 11.4. The summed E-state index contributed by atoms with van der Waals surface area (Å²) in [7, 11) is 1.83. The van der Waals surface area contributed by atoms with Gasteiger partial charge >= 0.3 is 0 Å². The quantitative estimate of drug-likeness (QED) is 0.108. The van der Waals surface area contributed by atoms with Gasteiger partial charge in [0.25, 0.3) is 0 Å². The number of para-hydroxylation sites is 4. The first-order chi connectivity index (χ1) is 34.4. The topological polar surface area (TPSA) is 32.2 Å². The second-order valence-corrected chi connectivity index (χ2v) is 19.5. The van der Waals surface area contributed by atoms with Crippen molar-refractivity contribution in [2.75, 3.05) is 7.11 Å². The Labute approximate surface area is 410 Å². The van der Waals surface area contributed by atoms with Crippen molar-refractivity contribution in [3.8, 4) is 50.5 Å². The Morgan fingerprint density at radius 3 is 1.51 bits per heavy atom. The first-order valence-corrected chi connectivity index (χ1v) is 25.3. The van der Waals surface area contributed by atoms with Crippen LogP contribution in [0.15, 0.2) is 192 Å². The molecule has 0 saturated heterocycles. The summed E-state index contributed by atoms with van der Waals surface area (Å²) in [5, 5.41) is 7.17. The highest BCUT2D eigenvalue weighted by Crippen LogP contribution is 2.47. The minimum Gasteiger partial charge on any atom is -0.495 e. The predicted octanol–water partition coefficient (Wildman–Crippen LogP) is 18.6. The summed E-state index contributed by atoms with van der Waals surface area (Å²) in [6.07, 6.45) is 6.46. The third kappa shape index (κ3) is 7.11. The van der Waals surface area contributed by atoms with Crippen LogP contribution in [0.5, 0.6) is 5.75 Å². The molecule has 0 aliphatic rings. The van der Waals surface area contributed by atoms with Crippen LogP contribution in [0.25, 0.3) is 110 Å². The van der Waals surface area contributed by atoms with Crippen LogP contribution in [0.1, 0.15) is 70.9 Å². The van der Waals surface area contributed by atoms with Crippen LogP contribution < -0.4 is 4.74 Å². The van der Waals surface area contributed by atoms with Gasteiger partial charge in [-0.2, -0.15) is 0 Å². The van der Waals surface area contributed by atoms with Crippen molar-refractivity contribution in [3.63, 3.8) is 0 Å². The molecule has 70 heavy (non-hydrogen) atoms. The molecular weight excluding hydrogens is 853 g/mol. The molecule has 12 rings (SSSR count). The number of benzene rings is 9. The first-order valence-electron chi connectivity index (χ1n) is 25.3. The molecular formula is C66H58N2O2. The number of aromatic nitrogens is 2. The number of ether oxygens (including phenoxy) is 1. The number of fused-ring (bicyclic) bond motifs is 9. The fourth-order valence-electron chi connectivity index (χ4n) is 11.4. The summed E-state index contributed by atoms with van der Waals surface area (Å²) in [6, 6.07) is 69.4. The molecule has 0 fully saturated rings. The Hall–Kier alpha value is -7.82. The molecule has 12 aromatic rings. The van der Waals surface area contributed by atoms with E-state index in [0.717, 1.165) is 99.0 Å². The summed E-state index contributed by atoms with van der Waals surface area (Å²) in [6.45, 7) is 9.32. The van der Waals surface area contributed by atoms with Crippen molar-refractivity contribution in [1.29, 1.82) is 0 Å². The van der Waals surface area contributed by atoms with Crippen molar-refractivity contribution >= 4 is 65.6 Å². The van der Waals surface area contributed by atoms with E-state index in [1.807, 2.05) is 7.11 Å². The summed E-state index contributed by atoms with van der Waals surface area (Å²) < 4.78 is 18.3. The first kappa shape index (κ1) is 43.5. The van der Waals surface area contributed by atoms with E-state index < -0.39 is 0 Å². The number of hydrogen-bond acceptors (Lipinski definition) is 2. The zero-order valence-electron chi connectivity index (χ0n) is 40.9. The van der Waals surface area contributed by atoms with Crippen LogP contribution in [0.3, 0.4) is 0 Å². The van der Waals surface area contributed by atoms with Gasteiger partial charge in [0, 0.05) is 54.8 Å². The largest absolute Gasteiger partial charge is 0.495 e. The lowest BCUT2D eigenvalue weighted by Gasteiger charge is -2.30. The summed E-state index contributed by atoms with van der Waals surface area (Å²) in [4.78, 5) is 0. The van der Waals surface area contributed by atoms with Crippen molar-refractivity contribution in [2.24, 2.45) is 0 Å². The maximum Gasteiger partial charge on any atom is 0.135 e. The highest BCUT2D eigenvalue weighted by molar-refractivity contribution is 6.12. The van der Waals surface area contributed by atoms with Crippen LogP contribution >= 0.6 is 0 Å². The minimum absolute atomic E-state index is 0.000108. The third-order valence-electron chi connectivity index (χ3n) is 15.6. The average molecular weight is 911 g/mol. The highest BCUT2D eigenvalue weighted by Gasteiger charge is 2.28. The van der Waals surface area contributed by atoms with E-state index in [2.05, 4.69) is 225 Å². The van der Waals surface area contributed by atoms with Crippen molar-refractivity contribution in [2.45, 2.75) is 71.6 Å². The molecule has 0 aliphatic carbocycles. The number of aryl methyl sites for hydroxylation is 1. The minimum atomic E-state index is 0.000108. The van der Waals surface area contributed by atoms with Crippen molar-refractivity contribution < 1.29 is 9.15 Å². The van der Waals surface area contributed by atoms with Gasteiger partial charge in [0.2, 0.25) is 0 Å². The normalized spacial score (nSPS) is 12.1. The zero-order valence-corrected chi connectivity index (χ0v) is 40.9. The van der Waals surface area contributed by atoms with Crippen LogP contribution in [0.2, 0.25) is 0 Å². The second-order valence-electron chi connectivity index (χ2n) is 19.5. The summed E-state index contributed by atoms with van der Waals surface area (Å²) in [5.41, 5.74) is 18.3. The number of furan rings is 1. The zero-order chi connectivity index (χ0) is 47.5. The third-order valence-corrected chi connectivity index (χ3v) is 15.6. The monoisotopic (exact) mass is 910 g/mol. The van der Waals surface area contributed by atoms with E-state index in [1.54, 1.807) is 0 Å². The number of rotatable bonds is 13. The van der Waals surface area contributed by atoms with Gasteiger partial charge in [0.05, 0.1) is 29.2 Å². The van der Waals surface area contributed by atoms with Gasteiger partial charge in [0.1, 0.15) is 16.9 Å². The molecule has 9 aromatic carbocycles. The molecule has 0 N–H and O–H groups in total. The van der Waals surface area contributed by atoms with Gasteiger partial charge in [-0.25, -0.2) is 0 Å². The van der Waals surface area contributed by atoms with E-state index in [9.17, 15) is 0 Å². The van der Waals surface area contributed by atoms with Crippen LogP contribution in [-0.4, -0.2) is 16.2 Å². The maximum atomic E-state index is 6.86. The molecule has 4 heteroatoms. The molecule has 0 aliphatic heterocycles. The Morgan fingerprint density at radius 2 is 0.971 bits per heavy atom. The fraction of sp³-hybridized carbons (Fsp3) is 0.182.